The molecule has 0 bridgehead atoms. The van der Waals surface area contributed by atoms with Crippen molar-refractivity contribution in [3.8, 4) is 0 Å². The van der Waals surface area contributed by atoms with E-state index in [1.165, 1.54) is 18.4 Å². The van der Waals surface area contributed by atoms with E-state index in [4.69, 9.17) is 5.11 Å². The van der Waals surface area contributed by atoms with Crippen LogP contribution in [0.15, 0.2) is 23.8 Å². The molecule has 0 aromatic heterocycles. The van der Waals surface area contributed by atoms with Gasteiger partial charge in [-0.3, -0.25) is 4.79 Å². The van der Waals surface area contributed by atoms with Crippen LogP contribution >= 0.6 is 0 Å². The van der Waals surface area contributed by atoms with Gasteiger partial charge < -0.3 is 15.3 Å². The van der Waals surface area contributed by atoms with E-state index in [2.05, 4.69) is 32.9 Å². The van der Waals surface area contributed by atoms with Crippen LogP contribution in [0.1, 0.15) is 85.0 Å². The number of aliphatic hydroxyl groups is 2. The Balaban J connectivity index is 1.50. The van der Waals surface area contributed by atoms with E-state index in [1.807, 2.05) is 6.08 Å². The van der Waals surface area contributed by atoms with Gasteiger partial charge in [0.25, 0.3) is 0 Å². The summed E-state index contributed by atoms with van der Waals surface area (Å²) in [5, 5.41) is 30.1. The third kappa shape index (κ3) is 5.97. The second-order valence-corrected chi connectivity index (χ2v) is 11.2. The molecule has 0 aromatic rings. The van der Waals surface area contributed by atoms with Crippen molar-refractivity contribution in [1.82, 2.24) is 0 Å². The van der Waals surface area contributed by atoms with E-state index in [0.717, 1.165) is 44.4 Å². The Hall–Kier alpha value is -1.13. The van der Waals surface area contributed by atoms with Gasteiger partial charge in [0.2, 0.25) is 0 Å². The molecule has 4 nitrogen and oxygen atoms in total. The van der Waals surface area contributed by atoms with E-state index >= 15 is 0 Å². The Bertz CT molecular complexity index is 636. The maximum absolute atomic E-state index is 10.8. The van der Waals surface area contributed by atoms with E-state index in [-0.39, 0.29) is 18.4 Å². The number of unbranched alkanes of at least 4 members (excludes halogenated alkanes) is 1. The summed E-state index contributed by atoms with van der Waals surface area (Å²) in [6, 6.07) is 0. The normalized spacial score (nSPS) is 37.0. The second kappa shape index (κ2) is 9.99. The number of hydrogen-bond donors (Lipinski definition) is 3. The second-order valence-electron chi connectivity index (χ2n) is 11.2. The van der Waals surface area contributed by atoms with Crippen LogP contribution in [0.25, 0.3) is 0 Å². The van der Waals surface area contributed by atoms with Crippen molar-refractivity contribution in [2.75, 3.05) is 0 Å². The molecule has 0 spiro atoms. The molecule has 5 atom stereocenters. The Kier molecular flexibility index (Phi) is 7.84. The first-order chi connectivity index (χ1) is 14.1. The van der Waals surface area contributed by atoms with Gasteiger partial charge in [-0.05, 0) is 86.9 Å². The molecule has 0 aliphatic heterocycles. The monoisotopic (exact) mass is 418 g/mol. The summed E-state index contributed by atoms with van der Waals surface area (Å²) in [6.45, 7) is 6.97. The van der Waals surface area contributed by atoms with Gasteiger partial charge in [0, 0.05) is 12.3 Å². The van der Waals surface area contributed by atoms with Gasteiger partial charge in [-0.15, -0.1) is 0 Å². The number of fused-ring (bicyclic) bond motifs is 1. The van der Waals surface area contributed by atoms with Gasteiger partial charge in [-0.25, -0.2) is 0 Å². The zero-order valence-corrected chi connectivity index (χ0v) is 19.1. The van der Waals surface area contributed by atoms with Crippen molar-refractivity contribution >= 4 is 5.97 Å². The number of aliphatic carboxylic acids is 1. The molecule has 3 N–H and O–H groups in total. The fraction of sp³-hybridized carbons (Fsp3) is 0.808. The standard InChI is InChI=1S/C26H42O4/c1-26(2,3)20-10-8-18(9-11-20)23(27)13-12-21-22-15-17(6-4-5-7-25(29)30)14-19(22)16-24(21)28/h6,12-13,18-24,27-28H,4-5,7-11,14-16H2,1-3H3,(H,29,30)/b13-12+,17-6+/t18?,19-,20?,21-,22+,23+,24-/m1/s1. The fourth-order valence-electron chi connectivity index (χ4n) is 6.23. The molecule has 3 rings (SSSR count). The number of rotatable bonds is 7. The van der Waals surface area contributed by atoms with Crippen LogP contribution in [-0.2, 0) is 4.79 Å². The number of carboxylic acids is 1. The van der Waals surface area contributed by atoms with Crippen molar-refractivity contribution in [1.29, 1.82) is 0 Å². The minimum Gasteiger partial charge on any atom is -0.481 e. The third-order valence-corrected chi connectivity index (χ3v) is 8.15. The van der Waals surface area contributed by atoms with Crippen LogP contribution in [0.4, 0.5) is 0 Å². The summed E-state index contributed by atoms with van der Waals surface area (Å²) in [4.78, 5) is 10.7. The topological polar surface area (TPSA) is 77.8 Å². The zero-order valence-electron chi connectivity index (χ0n) is 19.1. The average Bonchev–Trinajstić information content (AvgIpc) is 3.19. The molecule has 30 heavy (non-hydrogen) atoms. The number of hydrogen-bond acceptors (Lipinski definition) is 3. The molecule has 3 aliphatic carbocycles. The largest absolute Gasteiger partial charge is 0.481 e. The third-order valence-electron chi connectivity index (χ3n) is 8.15. The Morgan fingerprint density at radius 1 is 1.17 bits per heavy atom. The summed E-state index contributed by atoms with van der Waals surface area (Å²) in [5.74, 6) is 1.51. The summed E-state index contributed by atoms with van der Waals surface area (Å²) >= 11 is 0. The molecule has 0 heterocycles. The summed E-state index contributed by atoms with van der Waals surface area (Å²) in [6.07, 6.45) is 14.9. The molecule has 0 saturated heterocycles. The molecule has 0 radical (unpaired) electrons. The highest BCUT2D eigenvalue weighted by Crippen LogP contribution is 2.50. The van der Waals surface area contributed by atoms with E-state index in [9.17, 15) is 15.0 Å². The highest BCUT2D eigenvalue weighted by molar-refractivity contribution is 5.66. The van der Waals surface area contributed by atoms with Gasteiger partial charge in [0.1, 0.15) is 0 Å². The maximum atomic E-state index is 10.8. The predicted molar refractivity (Wildman–Crippen MR) is 120 cm³/mol. The molecule has 0 unspecified atom stereocenters. The minimum atomic E-state index is -0.726. The number of carbonyl (C=O) groups is 1. The predicted octanol–water partition coefficient (Wildman–Crippen LogP) is 5.34. The van der Waals surface area contributed by atoms with Crippen LogP contribution in [0.2, 0.25) is 0 Å². The summed E-state index contributed by atoms with van der Waals surface area (Å²) in [7, 11) is 0. The van der Waals surface area contributed by atoms with Crippen molar-refractivity contribution in [3.63, 3.8) is 0 Å². The van der Waals surface area contributed by atoms with Gasteiger partial charge >= 0.3 is 5.97 Å². The van der Waals surface area contributed by atoms with Crippen molar-refractivity contribution < 1.29 is 20.1 Å². The lowest BCUT2D eigenvalue weighted by molar-refractivity contribution is -0.137. The Labute approximate surface area is 182 Å². The van der Waals surface area contributed by atoms with Crippen LogP contribution in [0.3, 0.4) is 0 Å². The van der Waals surface area contributed by atoms with Crippen LogP contribution in [0.5, 0.6) is 0 Å². The van der Waals surface area contributed by atoms with Gasteiger partial charge in [-0.1, -0.05) is 44.6 Å². The first-order valence-electron chi connectivity index (χ1n) is 12.1. The highest BCUT2D eigenvalue weighted by atomic mass is 16.4. The SMILES string of the molecule is CC(C)(C)C1CCC([C@@H](O)/C=C/[C@@H]2[C@H]3C/C(=C/CCCC(=O)O)C[C@@H]3C[C@H]2O)CC1. The lowest BCUT2D eigenvalue weighted by Gasteiger charge is -2.38. The quantitative estimate of drug-likeness (QED) is 0.385. The van der Waals surface area contributed by atoms with Crippen molar-refractivity contribution in [2.24, 2.45) is 35.0 Å². The molecular formula is C26H42O4. The maximum Gasteiger partial charge on any atom is 0.303 e. The van der Waals surface area contributed by atoms with E-state index in [1.54, 1.807) is 0 Å². The lowest BCUT2D eigenvalue weighted by Crippen LogP contribution is -2.30. The van der Waals surface area contributed by atoms with Gasteiger partial charge in [0.15, 0.2) is 0 Å². The molecule has 3 fully saturated rings. The van der Waals surface area contributed by atoms with Crippen molar-refractivity contribution in [3.05, 3.63) is 23.8 Å². The minimum absolute atomic E-state index is 0.139. The molecular weight excluding hydrogens is 376 g/mol. The smallest absolute Gasteiger partial charge is 0.303 e. The Morgan fingerprint density at radius 2 is 1.87 bits per heavy atom. The van der Waals surface area contributed by atoms with Gasteiger partial charge in [-0.2, -0.15) is 0 Å². The zero-order chi connectivity index (χ0) is 21.9. The van der Waals surface area contributed by atoms with Crippen LogP contribution in [-0.4, -0.2) is 33.5 Å². The number of aliphatic hydroxyl groups excluding tert-OH is 2. The fourth-order valence-corrected chi connectivity index (χ4v) is 6.23. The van der Waals surface area contributed by atoms with Crippen LogP contribution < -0.4 is 0 Å². The molecule has 170 valence electrons. The molecule has 3 saturated carbocycles. The van der Waals surface area contributed by atoms with Crippen molar-refractivity contribution in [2.45, 2.75) is 97.2 Å². The summed E-state index contributed by atoms with van der Waals surface area (Å²) in [5.41, 5.74) is 1.79. The van der Waals surface area contributed by atoms with E-state index < -0.39 is 12.1 Å². The number of carboxylic acid groups (broad SMARTS) is 1. The average molecular weight is 419 g/mol. The first-order valence-corrected chi connectivity index (χ1v) is 12.1. The molecule has 0 amide bonds. The van der Waals surface area contributed by atoms with Gasteiger partial charge in [0.05, 0.1) is 12.2 Å². The number of allylic oxidation sites excluding steroid dienone is 2. The first kappa shape index (κ1) is 23.5. The lowest BCUT2D eigenvalue weighted by atomic mass is 9.69. The van der Waals surface area contributed by atoms with Crippen LogP contribution in [0, 0.1) is 35.0 Å². The summed E-state index contributed by atoms with van der Waals surface area (Å²) < 4.78 is 0. The molecule has 0 aromatic carbocycles. The molecule has 3 aliphatic rings. The van der Waals surface area contributed by atoms with E-state index in [0.29, 0.717) is 29.6 Å². The highest BCUT2D eigenvalue weighted by Gasteiger charge is 2.45. The Morgan fingerprint density at radius 3 is 2.50 bits per heavy atom. The molecule has 4 heteroatoms.